The standard InChI is InChI=1S/C21H25ClF2O3/c1-21(2,15-3-7-19(8-4-15)26-13-17(24)12-23)16-5-9-20(10-6-16)27-14-18(25)11-22/h3-10,17-18,25H,11-14H2,1-2H3/t17-,18-/m0/s1. The van der Waals surface area contributed by atoms with Crippen molar-refractivity contribution in [2.45, 2.75) is 31.5 Å². The quantitative estimate of drug-likeness (QED) is 0.591. The summed E-state index contributed by atoms with van der Waals surface area (Å²) in [6.45, 7) is 3.00. The summed E-state index contributed by atoms with van der Waals surface area (Å²) in [7, 11) is 0. The smallest absolute Gasteiger partial charge is 0.162 e. The third kappa shape index (κ3) is 6.08. The molecule has 0 heterocycles. The van der Waals surface area contributed by atoms with E-state index < -0.39 is 19.0 Å². The van der Waals surface area contributed by atoms with Crippen LogP contribution < -0.4 is 9.47 Å². The van der Waals surface area contributed by atoms with Crippen molar-refractivity contribution in [2.24, 2.45) is 0 Å². The first-order valence-corrected chi connectivity index (χ1v) is 9.31. The van der Waals surface area contributed by atoms with E-state index in [9.17, 15) is 13.9 Å². The monoisotopic (exact) mass is 398 g/mol. The highest BCUT2D eigenvalue weighted by Crippen LogP contribution is 2.33. The largest absolute Gasteiger partial charge is 0.491 e. The summed E-state index contributed by atoms with van der Waals surface area (Å²) in [6.07, 6.45) is -2.30. The topological polar surface area (TPSA) is 38.7 Å². The second-order valence-corrected chi connectivity index (χ2v) is 7.16. The molecule has 6 heteroatoms. The molecule has 0 amide bonds. The zero-order valence-corrected chi connectivity index (χ0v) is 16.3. The van der Waals surface area contributed by atoms with E-state index in [-0.39, 0.29) is 24.5 Å². The fraction of sp³-hybridized carbons (Fsp3) is 0.429. The number of alkyl halides is 3. The van der Waals surface area contributed by atoms with Crippen molar-refractivity contribution >= 4 is 11.6 Å². The van der Waals surface area contributed by atoms with Crippen LogP contribution in [0.5, 0.6) is 11.5 Å². The Balaban J connectivity index is 2.04. The number of hydrogen-bond acceptors (Lipinski definition) is 3. The van der Waals surface area contributed by atoms with Gasteiger partial charge in [0.1, 0.15) is 37.5 Å². The van der Waals surface area contributed by atoms with Crippen LogP contribution in [0.25, 0.3) is 0 Å². The second-order valence-electron chi connectivity index (χ2n) is 6.86. The molecule has 2 aromatic rings. The Morgan fingerprint density at radius 1 is 0.926 bits per heavy atom. The lowest BCUT2D eigenvalue weighted by atomic mass is 9.78. The van der Waals surface area contributed by atoms with Gasteiger partial charge in [-0.3, -0.25) is 0 Å². The number of ether oxygens (including phenoxy) is 2. The molecular weight excluding hydrogens is 374 g/mol. The molecule has 2 rings (SSSR count). The number of benzene rings is 2. The first-order valence-electron chi connectivity index (χ1n) is 8.77. The van der Waals surface area contributed by atoms with Gasteiger partial charge in [-0.15, -0.1) is 11.6 Å². The molecule has 27 heavy (non-hydrogen) atoms. The summed E-state index contributed by atoms with van der Waals surface area (Å²) in [6, 6.07) is 15.0. The Bertz CT molecular complexity index is 630. The molecule has 0 aliphatic carbocycles. The lowest BCUT2D eigenvalue weighted by Gasteiger charge is -2.26. The zero-order valence-electron chi connectivity index (χ0n) is 15.5. The predicted molar refractivity (Wildman–Crippen MR) is 104 cm³/mol. The van der Waals surface area contributed by atoms with Crippen molar-refractivity contribution < 1.29 is 23.4 Å². The van der Waals surface area contributed by atoms with Crippen LogP contribution in [-0.4, -0.2) is 43.2 Å². The number of hydrogen-bond donors (Lipinski definition) is 1. The number of halogens is 3. The molecule has 0 unspecified atom stereocenters. The van der Waals surface area contributed by atoms with Crippen LogP contribution in [0, 0.1) is 0 Å². The van der Waals surface area contributed by atoms with Gasteiger partial charge in [-0.05, 0) is 35.4 Å². The van der Waals surface area contributed by atoms with Gasteiger partial charge in [0.15, 0.2) is 6.17 Å². The summed E-state index contributed by atoms with van der Waals surface area (Å²) >= 11 is 5.55. The molecule has 0 fully saturated rings. The van der Waals surface area contributed by atoms with Gasteiger partial charge in [0.05, 0.1) is 5.88 Å². The van der Waals surface area contributed by atoms with Crippen LogP contribution >= 0.6 is 11.6 Å². The number of aliphatic hydroxyl groups excluding tert-OH is 1. The third-order valence-electron chi connectivity index (χ3n) is 4.37. The zero-order chi connectivity index (χ0) is 19.9. The minimum Gasteiger partial charge on any atom is -0.491 e. The molecule has 2 atom stereocenters. The lowest BCUT2D eigenvalue weighted by molar-refractivity contribution is 0.125. The fourth-order valence-corrected chi connectivity index (χ4v) is 2.66. The lowest BCUT2D eigenvalue weighted by Crippen LogP contribution is -2.20. The summed E-state index contributed by atoms with van der Waals surface area (Å²) < 4.78 is 35.8. The molecule has 3 nitrogen and oxygen atoms in total. The predicted octanol–water partition coefficient (Wildman–Crippen LogP) is 4.68. The minimum absolute atomic E-state index is 0.130. The second kappa shape index (κ2) is 9.90. The van der Waals surface area contributed by atoms with Gasteiger partial charge >= 0.3 is 0 Å². The van der Waals surface area contributed by atoms with Gasteiger partial charge in [0.2, 0.25) is 0 Å². The fourth-order valence-electron chi connectivity index (χ4n) is 2.57. The Kier molecular flexibility index (Phi) is 7.87. The highest BCUT2D eigenvalue weighted by molar-refractivity contribution is 6.18. The van der Waals surface area contributed by atoms with E-state index in [0.717, 1.165) is 11.1 Å². The van der Waals surface area contributed by atoms with Crippen molar-refractivity contribution in [2.75, 3.05) is 25.8 Å². The van der Waals surface area contributed by atoms with E-state index in [1.807, 2.05) is 36.4 Å². The van der Waals surface area contributed by atoms with Gasteiger partial charge in [-0.25, -0.2) is 8.78 Å². The Morgan fingerprint density at radius 3 is 1.78 bits per heavy atom. The average molecular weight is 399 g/mol. The third-order valence-corrected chi connectivity index (χ3v) is 4.73. The molecule has 0 saturated heterocycles. The molecule has 2 aromatic carbocycles. The van der Waals surface area contributed by atoms with Crippen molar-refractivity contribution in [1.29, 1.82) is 0 Å². The van der Waals surface area contributed by atoms with Crippen LogP contribution in [0.1, 0.15) is 25.0 Å². The normalized spacial score (nSPS) is 13.9. The maximum atomic E-state index is 12.9. The van der Waals surface area contributed by atoms with Crippen molar-refractivity contribution in [3.8, 4) is 11.5 Å². The van der Waals surface area contributed by atoms with Crippen LogP contribution in [0.3, 0.4) is 0 Å². The van der Waals surface area contributed by atoms with Crippen LogP contribution in [0.15, 0.2) is 48.5 Å². The van der Waals surface area contributed by atoms with E-state index in [0.29, 0.717) is 11.5 Å². The SMILES string of the molecule is CC(C)(c1ccc(OC[C@@H](O)CCl)cc1)c1ccc(OC[C@@H](F)CF)cc1. The minimum atomic E-state index is -1.60. The first kappa shape index (κ1) is 21.5. The maximum Gasteiger partial charge on any atom is 0.162 e. The molecule has 0 radical (unpaired) electrons. The van der Waals surface area contributed by atoms with E-state index in [1.54, 1.807) is 12.1 Å². The van der Waals surface area contributed by atoms with Gasteiger partial charge in [0, 0.05) is 5.41 Å². The van der Waals surface area contributed by atoms with Crippen molar-refractivity contribution in [3.05, 3.63) is 59.7 Å². The summed E-state index contributed by atoms with van der Waals surface area (Å²) in [5.41, 5.74) is 1.87. The van der Waals surface area contributed by atoms with Gasteiger partial charge in [0.25, 0.3) is 0 Å². The van der Waals surface area contributed by atoms with Crippen LogP contribution in [-0.2, 0) is 5.41 Å². The number of rotatable bonds is 10. The van der Waals surface area contributed by atoms with E-state index in [4.69, 9.17) is 21.1 Å². The highest BCUT2D eigenvalue weighted by Gasteiger charge is 2.23. The Morgan fingerprint density at radius 2 is 1.37 bits per heavy atom. The van der Waals surface area contributed by atoms with Crippen molar-refractivity contribution in [3.63, 3.8) is 0 Å². The molecule has 0 bridgehead atoms. The van der Waals surface area contributed by atoms with Gasteiger partial charge in [-0.2, -0.15) is 0 Å². The Hall–Kier alpha value is -1.85. The van der Waals surface area contributed by atoms with E-state index in [1.165, 1.54) is 0 Å². The van der Waals surface area contributed by atoms with E-state index in [2.05, 4.69) is 13.8 Å². The molecule has 148 valence electrons. The van der Waals surface area contributed by atoms with Crippen LogP contribution in [0.2, 0.25) is 0 Å². The molecule has 0 spiro atoms. The Labute approximate surface area is 163 Å². The molecule has 0 saturated carbocycles. The van der Waals surface area contributed by atoms with Crippen LogP contribution in [0.4, 0.5) is 8.78 Å². The average Bonchev–Trinajstić information content (AvgIpc) is 2.70. The maximum absolute atomic E-state index is 12.9. The molecule has 0 aromatic heterocycles. The first-order chi connectivity index (χ1) is 12.9. The van der Waals surface area contributed by atoms with Gasteiger partial charge in [-0.1, -0.05) is 38.1 Å². The molecule has 0 aliphatic heterocycles. The summed E-state index contributed by atoms with van der Waals surface area (Å²) in [5, 5.41) is 9.45. The van der Waals surface area contributed by atoms with E-state index >= 15 is 0 Å². The molecular formula is C21H25ClF2O3. The summed E-state index contributed by atoms with van der Waals surface area (Å²) in [4.78, 5) is 0. The number of aliphatic hydroxyl groups is 1. The molecule has 1 N–H and O–H groups in total. The van der Waals surface area contributed by atoms with Crippen molar-refractivity contribution in [1.82, 2.24) is 0 Å². The highest BCUT2D eigenvalue weighted by atomic mass is 35.5. The van der Waals surface area contributed by atoms with Gasteiger partial charge < -0.3 is 14.6 Å². The summed E-state index contributed by atoms with van der Waals surface area (Å²) in [5.74, 6) is 1.30. The molecule has 0 aliphatic rings.